The zero-order valence-corrected chi connectivity index (χ0v) is 6.85. The molecule has 0 aliphatic carbocycles. The smallest absolute Gasteiger partial charge is 0.376 e. The molecule has 0 aromatic heterocycles. The van der Waals surface area contributed by atoms with Crippen LogP contribution < -0.4 is 5.32 Å². The van der Waals surface area contributed by atoms with E-state index in [0.717, 1.165) is 0 Å². The van der Waals surface area contributed by atoms with Crippen molar-refractivity contribution in [1.82, 2.24) is 5.32 Å². The van der Waals surface area contributed by atoms with Crippen LogP contribution in [0.15, 0.2) is 0 Å². The molecule has 0 saturated carbocycles. The number of amides is 1. The zero-order valence-electron chi connectivity index (χ0n) is 6.85. The molecule has 1 N–H and O–H groups in total. The summed E-state index contributed by atoms with van der Waals surface area (Å²) in [4.78, 5) is 21.2. The predicted octanol–water partition coefficient (Wildman–Crippen LogP) is 1.06. The van der Waals surface area contributed by atoms with Gasteiger partial charge >= 0.3 is 12.1 Å². The fourth-order valence-electron chi connectivity index (χ4n) is 0.539. The lowest BCUT2D eigenvalue weighted by Gasteiger charge is -2.00. The minimum absolute atomic E-state index is 0.289. The zero-order chi connectivity index (χ0) is 8.69. The lowest BCUT2D eigenvalue weighted by molar-refractivity contribution is -0.137. The number of carbonyl (C=O) groups is 2. The average molecular weight is 159 g/mol. The van der Waals surface area contributed by atoms with E-state index in [1.54, 1.807) is 6.92 Å². The molecule has 64 valence electrons. The summed E-state index contributed by atoms with van der Waals surface area (Å²) in [5.41, 5.74) is 0. The van der Waals surface area contributed by atoms with Gasteiger partial charge in [0.15, 0.2) is 0 Å². The van der Waals surface area contributed by atoms with E-state index >= 15 is 0 Å². The highest BCUT2D eigenvalue weighted by atomic mass is 16.6. The normalized spacial score (nSPS) is 8.91. The molecule has 0 bridgehead atoms. The molecule has 0 aliphatic heterocycles. The molecule has 0 aliphatic rings. The maximum Gasteiger partial charge on any atom is 0.414 e. The lowest BCUT2D eigenvalue weighted by Crippen LogP contribution is -2.26. The van der Waals surface area contributed by atoms with Crippen molar-refractivity contribution in [2.75, 3.05) is 6.54 Å². The molecule has 0 aromatic rings. The van der Waals surface area contributed by atoms with Crippen LogP contribution in [0.25, 0.3) is 0 Å². The third-order valence-corrected chi connectivity index (χ3v) is 0.982. The van der Waals surface area contributed by atoms with Gasteiger partial charge in [-0.25, -0.2) is 4.79 Å². The quantitative estimate of drug-likeness (QED) is 0.494. The van der Waals surface area contributed by atoms with E-state index in [4.69, 9.17) is 0 Å². The summed E-state index contributed by atoms with van der Waals surface area (Å²) in [5.74, 6) is -0.474. The number of hydrogen-bond donors (Lipinski definition) is 1. The molecule has 0 aromatic carbocycles. The molecule has 0 atom stereocenters. The van der Waals surface area contributed by atoms with Crippen molar-refractivity contribution < 1.29 is 14.3 Å². The van der Waals surface area contributed by atoms with Crippen molar-refractivity contribution in [3.05, 3.63) is 0 Å². The second-order valence-corrected chi connectivity index (χ2v) is 2.04. The molecule has 0 rings (SSSR count). The molecule has 0 radical (unpaired) electrons. The SMILES string of the molecule is CCCC(=O)OC(=O)NCC. The number of nitrogens with one attached hydrogen (secondary N) is 1. The predicted molar refractivity (Wildman–Crippen MR) is 40.1 cm³/mol. The van der Waals surface area contributed by atoms with Crippen molar-refractivity contribution in [2.24, 2.45) is 0 Å². The van der Waals surface area contributed by atoms with Gasteiger partial charge in [0.25, 0.3) is 0 Å². The van der Waals surface area contributed by atoms with Crippen molar-refractivity contribution in [3.63, 3.8) is 0 Å². The van der Waals surface area contributed by atoms with Crippen molar-refractivity contribution >= 4 is 12.1 Å². The Bertz CT molecular complexity index is 129. The molecule has 4 heteroatoms. The fourth-order valence-corrected chi connectivity index (χ4v) is 0.539. The Kier molecular flexibility index (Phi) is 5.15. The van der Waals surface area contributed by atoms with E-state index in [1.165, 1.54) is 0 Å². The van der Waals surface area contributed by atoms with Crippen LogP contribution in [0, 0.1) is 0 Å². The number of ether oxygens (including phenoxy) is 1. The molecular formula is C7H13NO3. The molecule has 0 heterocycles. The molecule has 11 heavy (non-hydrogen) atoms. The van der Waals surface area contributed by atoms with Crippen LogP contribution in [0.3, 0.4) is 0 Å². The summed E-state index contributed by atoms with van der Waals surface area (Å²) >= 11 is 0. The third kappa shape index (κ3) is 5.39. The molecule has 4 nitrogen and oxygen atoms in total. The summed E-state index contributed by atoms with van der Waals surface area (Å²) in [6.07, 6.45) is 0.320. The Balaban J connectivity index is 3.49. The molecule has 0 spiro atoms. The molecule has 0 unspecified atom stereocenters. The fraction of sp³-hybridized carbons (Fsp3) is 0.714. The van der Waals surface area contributed by atoms with Crippen molar-refractivity contribution in [3.8, 4) is 0 Å². The highest BCUT2D eigenvalue weighted by Crippen LogP contribution is 1.90. The standard InChI is InChI=1S/C7H13NO3/c1-3-5-6(9)11-7(10)8-4-2/h3-5H2,1-2H3,(H,8,10). The summed E-state index contributed by atoms with van der Waals surface area (Å²) < 4.78 is 4.34. The molecule has 1 amide bonds. The second kappa shape index (κ2) is 5.70. The highest BCUT2D eigenvalue weighted by molar-refractivity contribution is 5.84. The van der Waals surface area contributed by atoms with Gasteiger partial charge in [0, 0.05) is 13.0 Å². The first-order valence-electron chi connectivity index (χ1n) is 3.69. The Morgan fingerprint density at radius 1 is 1.36 bits per heavy atom. The first-order valence-corrected chi connectivity index (χ1v) is 3.69. The first kappa shape index (κ1) is 9.94. The van der Waals surface area contributed by atoms with Gasteiger partial charge in [0.05, 0.1) is 0 Å². The highest BCUT2D eigenvalue weighted by Gasteiger charge is 2.06. The van der Waals surface area contributed by atoms with E-state index in [1.807, 2.05) is 6.92 Å². The molecule has 0 fully saturated rings. The Morgan fingerprint density at radius 3 is 2.45 bits per heavy atom. The van der Waals surface area contributed by atoms with Crippen molar-refractivity contribution in [1.29, 1.82) is 0 Å². The van der Waals surface area contributed by atoms with Gasteiger partial charge < -0.3 is 10.1 Å². The Morgan fingerprint density at radius 2 is 2.00 bits per heavy atom. The summed E-state index contributed by atoms with van der Waals surface area (Å²) in [6.45, 7) is 4.07. The van der Waals surface area contributed by atoms with E-state index in [0.29, 0.717) is 13.0 Å². The van der Waals surface area contributed by atoms with Crippen LogP contribution in [0.5, 0.6) is 0 Å². The second-order valence-electron chi connectivity index (χ2n) is 2.04. The monoisotopic (exact) mass is 159 g/mol. The molecular weight excluding hydrogens is 146 g/mol. The maximum atomic E-state index is 10.6. The minimum atomic E-state index is -0.661. The van der Waals surface area contributed by atoms with Crippen LogP contribution in [-0.2, 0) is 9.53 Å². The van der Waals surface area contributed by atoms with Gasteiger partial charge in [0.2, 0.25) is 0 Å². The number of hydrogen-bond acceptors (Lipinski definition) is 3. The van der Waals surface area contributed by atoms with E-state index in [2.05, 4.69) is 10.1 Å². The van der Waals surface area contributed by atoms with E-state index in [9.17, 15) is 9.59 Å². The third-order valence-electron chi connectivity index (χ3n) is 0.982. The summed E-state index contributed by atoms with van der Waals surface area (Å²) in [7, 11) is 0. The summed E-state index contributed by atoms with van der Waals surface area (Å²) in [5, 5.41) is 2.35. The van der Waals surface area contributed by atoms with Crippen LogP contribution in [-0.4, -0.2) is 18.6 Å². The Hall–Kier alpha value is -1.06. The van der Waals surface area contributed by atoms with E-state index in [-0.39, 0.29) is 6.42 Å². The van der Waals surface area contributed by atoms with Gasteiger partial charge in [-0.05, 0) is 13.3 Å². The number of rotatable bonds is 3. The number of alkyl carbamates (subject to hydrolysis) is 1. The van der Waals surface area contributed by atoms with Gasteiger partial charge in [-0.15, -0.1) is 0 Å². The average Bonchev–Trinajstić information content (AvgIpc) is 1.87. The largest absolute Gasteiger partial charge is 0.414 e. The van der Waals surface area contributed by atoms with E-state index < -0.39 is 12.1 Å². The Labute approximate surface area is 65.9 Å². The van der Waals surface area contributed by atoms with Gasteiger partial charge in [-0.2, -0.15) is 0 Å². The van der Waals surface area contributed by atoms with Crippen LogP contribution in [0.2, 0.25) is 0 Å². The van der Waals surface area contributed by atoms with Crippen LogP contribution >= 0.6 is 0 Å². The number of carbonyl (C=O) groups excluding carboxylic acids is 2. The topological polar surface area (TPSA) is 55.4 Å². The van der Waals surface area contributed by atoms with Gasteiger partial charge in [0.1, 0.15) is 0 Å². The van der Waals surface area contributed by atoms with Crippen molar-refractivity contribution in [2.45, 2.75) is 26.7 Å². The lowest BCUT2D eigenvalue weighted by atomic mass is 10.3. The van der Waals surface area contributed by atoms with Crippen LogP contribution in [0.4, 0.5) is 4.79 Å². The van der Waals surface area contributed by atoms with Gasteiger partial charge in [-0.1, -0.05) is 6.92 Å². The van der Waals surface area contributed by atoms with Crippen LogP contribution in [0.1, 0.15) is 26.7 Å². The number of esters is 1. The maximum absolute atomic E-state index is 10.6. The summed E-state index contributed by atoms with van der Waals surface area (Å²) in [6, 6.07) is 0. The molecule has 0 saturated heterocycles. The minimum Gasteiger partial charge on any atom is -0.376 e. The van der Waals surface area contributed by atoms with Gasteiger partial charge in [-0.3, -0.25) is 4.79 Å². The first-order chi connectivity index (χ1) is 5.20.